The molecule has 114 valence electrons. The van der Waals surface area contributed by atoms with Gasteiger partial charge in [-0.05, 0) is 43.9 Å². The fourth-order valence-corrected chi connectivity index (χ4v) is 3.03. The van der Waals surface area contributed by atoms with Crippen LogP contribution in [0.15, 0.2) is 48.5 Å². The predicted molar refractivity (Wildman–Crippen MR) is 90.4 cm³/mol. The molecule has 0 bridgehead atoms. The van der Waals surface area contributed by atoms with Crippen LogP contribution in [0.2, 0.25) is 0 Å². The van der Waals surface area contributed by atoms with Crippen molar-refractivity contribution in [3.8, 4) is 0 Å². The monoisotopic (exact) mass is 294 g/mol. The lowest BCUT2D eigenvalue weighted by Gasteiger charge is -2.23. The Labute approximate surface area is 132 Å². The number of hydrogen-bond acceptors (Lipinski definition) is 1. The van der Waals surface area contributed by atoms with Gasteiger partial charge < -0.3 is 5.32 Å². The van der Waals surface area contributed by atoms with Crippen LogP contribution in [0.1, 0.15) is 23.6 Å². The minimum atomic E-state index is 0.00422. The van der Waals surface area contributed by atoms with Gasteiger partial charge in [0.2, 0.25) is 0 Å². The van der Waals surface area contributed by atoms with Crippen molar-refractivity contribution in [1.29, 1.82) is 0 Å². The molecular formula is C19H22N2O. The van der Waals surface area contributed by atoms with Gasteiger partial charge in [0, 0.05) is 18.3 Å². The Kier molecular flexibility index (Phi) is 4.14. The molecule has 3 rings (SSSR count). The molecule has 1 unspecified atom stereocenters. The number of amides is 2. The first-order valence-corrected chi connectivity index (χ1v) is 7.85. The van der Waals surface area contributed by atoms with Crippen LogP contribution in [0.3, 0.4) is 0 Å². The summed E-state index contributed by atoms with van der Waals surface area (Å²) in [5, 5.41) is 3.05. The number of hydrogen-bond donors (Lipinski definition) is 1. The van der Waals surface area contributed by atoms with Crippen LogP contribution in [0, 0.1) is 6.92 Å². The van der Waals surface area contributed by atoms with Gasteiger partial charge in [-0.2, -0.15) is 0 Å². The van der Waals surface area contributed by atoms with Crippen LogP contribution in [0.25, 0.3) is 0 Å². The summed E-state index contributed by atoms with van der Waals surface area (Å²) in [5.41, 5.74) is 4.81. The van der Waals surface area contributed by atoms with E-state index in [1.807, 2.05) is 23.1 Å². The maximum Gasteiger partial charge on any atom is 0.322 e. The van der Waals surface area contributed by atoms with Crippen molar-refractivity contribution < 1.29 is 4.79 Å². The summed E-state index contributed by atoms with van der Waals surface area (Å²) >= 11 is 0. The van der Waals surface area contributed by atoms with E-state index in [1.54, 1.807) is 0 Å². The predicted octanol–water partition coefficient (Wildman–Crippen LogP) is 3.70. The number of nitrogens with one attached hydrogen (secondary N) is 1. The first kappa shape index (κ1) is 14.6. The summed E-state index contributed by atoms with van der Waals surface area (Å²) in [6, 6.07) is 16.8. The summed E-state index contributed by atoms with van der Waals surface area (Å²) in [6.07, 6.45) is 1.79. The number of anilines is 1. The zero-order valence-electron chi connectivity index (χ0n) is 13.2. The highest BCUT2D eigenvalue weighted by Gasteiger charge is 2.30. The molecular weight excluding hydrogens is 272 g/mol. The Morgan fingerprint density at radius 3 is 2.68 bits per heavy atom. The van der Waals surface area contributed by atoms with Crippen molar-refractivity contribution in [2.24, 2.45) is 0 Å². The van der Waals surface area contributed by atoms with Crippen molar-refractivity contribution in [2.75, 3.05) is 11.4 Å². The normalized spacial score (nSPS) is 16.5. The van der Waals surface area contributed by atoms with Crippen molar-refractivity contribution in [2.45, 2.75) is 32.7 Å². The fourth-order valence-electron chi connectivity index (χ4n) is 3.03. The van der Waals surface area contributed by atoms with E-state index in [0.29, 0.717) is 6.54 Å². The summed E-state index contributed by atoms with van der Waals surface area (Å²) in [7, 11) is 0. The largest absolute Gasteiger partial charge is 0.337 e. The van der Waals surface area contributed by atoms with Crippen LogP contribution < -0.4 is 10.2 Å². The Morgan fingerprint density at radius 2 is 1.91 bits per heavy atom. The Balaban J connectivity index is 1.59. The van der Waals surface area contributed by atoms with Crippen LogP contribution in [-0.2, 0) is 12.8 Å². The molecule has 1 aliphatic heterocycles. The minimum Gasteiger partial charge on any atom is -0.337 e. The second-order valence-corrected chi connectivity index (χ2v) is 6.02. The van der Waals surface area contributed by atoms with Gasteiger partial charge in [0.1, 0.15) is 0 Å². The zero-order valence-corrected chi connectivity index (χ0v) is 13.2. The van der Waals surface area contributed by atoms with Crippen molar-refractivity contribution in [1.82, 2.24) is 5.32 Å². The summed E-state index contributed by atoms with van der Waals surface area (Å²) in [4.78, 5) is 14.4. The minimum absolute atomic E-state index is 0.00422. The Bertz CT molecular complexity index is 663. The molecule has 1 heterocycles. The van der Waals surface area contributed by atoms with E-state index in [0.717, 1.165) is 18.5 Å². The van der Waals surface area contributed by atoms with Gasteiger partial charge in [-0.25, -0.2) is 4.79 Å². The van der Waals surface area contributed by atoms with Crippen LogP contribution in [0.5, 0.6) is 0 Å². The van der Waals surface area contributed by atoms with E-state index in [-0.39, 0.29) is 12.1 Å². The van der Waals surface area contributed by atoms with Gasteiger partial charge in [-0.3, -0.25) is 4.90 Å². The standard InChI is InChI=1S/C19H22N2O/c1-14-7-9-16(10-8-14)11-12-20-19(22)21-15(2)13-17-5-3-4-6-18(17)21/h3-10,15H,11-13H2,1-2H3,(H,20,22). The van der Waals surface area contributed by atoms with Crippen LogP contribution >= 0.6 is 0 Å². The highest BCUT2D eigenvalue weighted by Crippen LogP contribution is 2.31. The highest BCUT2D eigenvalue weighted by atomic mass is 16.2. The third kappa shape index (κ3) is 2.98. The fraction of sp³-hybridized carbons (Fsp3) is 0.316. The molecule has 22 heavy (non-hydrogen) atoms. The van der Waals surface area contributed by atoms with E-state index in [1.165, 1.54) is 16.7 Å². The number of carbonyl (C=O) groups is 1. The first-order valence-electron chi connectivity index (χ1n) is 7.85. The van der Waals surface area contributed by atoms with Gasteiger partial charge in [-0.15, -0.1) is 0 Å². The van der Waals surface area contributed by atoms with Crippen LogP contribution in [0.4, 0.5) is 10.5 Å². The molecule has 0 saturated carbocycles. The molecule has 1 aliphatic rings. The number of urea groups is 1. The lowest BCUT2D eigenvalue weighted by molar-refractivity contribution is 0.245. The number of nitrogens with zero attached hydrogens (tertiary/aromatic N) is 1. The van der Waals surface area contributed by atoms with E-state index in [4.69, 9.17) is 0 Å². The summed E-state index contributed by atoms with van der Waals surface area (Å²) in [6.45, 7) is 4.84. The molecule has 0 spiro atoms. The molecule has 1 atom stereocenters. The number of aryl methyl sites for hydroxylation is 1. The number of carbonyl (C=O) groups excluding carboxylic acids is 1. The summed E-state index contributed by atoms with van der Waals surface area (Å²) in [5.74, 6) is 0. The van der Waals surface area contributed by atoms with Crippen molar-refractivity contribution in [3.05, 3.63) is 65.2 Å². The second kappa shape index (κ2) is 6.22. The zero-order chi connectivity index (χ0) is 15.5. The topological polar surface area (TPSA) is 32.3 Å². The first-order chi connectivity index (χ1) is 10.6. The average Bonchev–Trinajstić information content (AvgIpc) is 2.85. The summed E-state index contributed by atoms with van der Waals surface area (Å²) < 4.78 is 0. The van der Waals surface area contributed by atoms with Crippen molar-refractivity contribution >= 4 is 11.7 Å². The maximum absolute atomic E-state index is 12.5. The van der Waals surface area contributed by atoms with E-state index >= 15 is 0 Å². The molecule has 0 aliphatic carbocycles. The molecule has 2 aromatic rings. The van der Waals surface area contributed by atoms with Gasteiger partial charge in [0.15, 0.2) is 0 Å². The molecule has 3 heteroatoms. The Morgan fingerprint density at radius 1 is 1.18 bits per heavy atom. The molecule has 3 nitrogen and oxygen atoms in total. The lowest BCUT2D eigenvalue weighted by atomic mass is 10.1. The second-order valence-electron chi connectivity index (χ2n) is 6.02. The number of fused-ring (bicyclic) bond motifs is 1. The van der Waals surface area contributed by atoms with E-state index < -0.39 is 0 Å². The third-order valence-electron chi connectivity index (χ3n) is 4.24. The van der Waals surface area contributed by atoms with Gasteiger partial charge in [-0.1, -0.05) is 48.0 Å². The average molecular weight is 294 g/mol. The van der Waals surface area contributed by atoms with Crippen molar-refractivity contribution in [3.63, 3.8) is 0 Å². The lowest BCUT2D eigenvalue weighted by Crippen LogP contribution is -2.43. The molecule has 2 aromatic carbocycles. The molecule has 0 radical (unpaired) electrons. The van der Waals surface area contributed by atoms with E-state index in [2.05, 4.69) is 49.5 Å². The quantitative estimate of drug-likeness (QED) is 0.920. The van der Waals surface area contributed by atoms with Crippen LogP contribution in [-0.4, -0.2) is 18.6 Å². The third-order valence-corrected chi connectivity index (χ3v) is 4.24. The molecule has 0 aromatic heterocycles. The van der Waals surface area contributed by atoms with Gasteiger partial charge in [0.25, 0.3) is 0 Å². The molecule has 0 fully saturated rings. The molecule has 2 amide bonds. The Hall–Kier alpha value is -2.29. The number of rotatable bonds is 3. The number of benzene rings is 2. The SMILES string of the molecule is Cc1ccc(CCNC(=O)N2c3ccccc3CC2C)cc1. The highest BCUT2D eigenvalue weighted by molar-refractivity contribution is 5.94. The molecule has 0 saturated heterocycles. The van der Waals surface area contributed by atoms with Gasteiger partial charge >= 0.3 is 6.03 Å². The van der Waals surface area contributed by atoms with Gasteiger partial charge in [0.05, 0.1) is 0 Å². The maximum atomic E-state index is 12.5. The molecule has 1 N–H and O–H groups in total. The smallest absolute Gasteiger partial charge is 0.322 e. The van der Waals surface area contributed by atoms with E-state index in [9.17, 15) is 4.79 Å². The number of para-hydroxylation sites is 1.